The van der Waals surface area contributed by atoms with Crippen molar-refractivity contribution >= 4 is 17.5 Å². The van der Waals surface area contributed by atoms with Gasteiger partial charge in [-0.3, -0.25) is 4.79 Å². The zero-order valence-corrected chi connectivity index (χ0v) is 12.1. The zero-order valence-electron chi connectivity index (χ0n) is 11.4. The fourth-order valence-corrected chi connectivity index (χ4v) is 1.92. The first-order chi connectivity index (χ1) is 9.56. The third kappa shape index (κ3) is 3.81. The first kappa shape index (κ1) is 14.5. The Balaban J connectivity index is 2.00. The summed E-state index contributed by atoms with van der Waals surface area (Å²) in [5.74, 6) is 1.06. The summed E-state index contributed by atoms with van der Waals surface area (Å²) < 4.78 is 5.09. The zero-order chi connectivity index (χ0) is 14.5. The van der Waals surface area contributed by atoms with E-state index in [0.717, 1.165) is 0 Å². The fraction of sp³-hybridized carbons (Fsp3) is 0.357. The van der Waals surface area contributed by atoms with Gasteiger partial charge in [0.05, 0.1) is 11.6 Å². The fourth-order valence-electron chi connectivity index (χ4n) is 1.70. The molecular formula is C14H16ClN3O2. The average molecular weight is 294 g/mol. The Morgan fingerprint density at radius 1 is 1.40 bits per heavy atom. The van der Waals surface area contributed by atoms with Gasteiger partial charge in [-0.2, -0.15) is 4.98 Å². The van der Waals surface area contributed by atoms with E-state index < -0.39 is 0 Å². The van der Waals surface area contributed by atoms with Crippen molar-refractivity contribution in [2.24, 2.45) is 5.92 Å². The Hall–Kier alpha value is -1.88. The number of nitrogens with one attached hydrogen (secondary N) is 1. The minimum absolute atomic E-state index is 0.0301. The van der Waals surface area contributed by atoms with E-state index in [0.29, 0.717) is 34.6 Å². The first-order valence-electron chi connectivity index (χ1n) is 6.40. The van der Waals surface area contributed by atoms with Crippen molar-refractivity contribution in [3.05, 3.63) is 35.2 Å². The Morgan fingerprint density at radius 3 is 2.85 bits per heavy atom. The van der Waals surface area contributed by atoms with Crippen LogP contribution in [0.15, 0.2) is 28.8 Å². The smallest absolute Gasteiger partial charge is 0.246 e. The van der Waals surface area contributed by atoms with E-state index in [-0.39, 0.29) is 12.5 Å². The molecule has 106 valence electrons. The summed E-state index contributed by atoms with van der Waals surface area (Å²) in [7, 11) is 0. The lowest BCUT2D eigenvalue weighted by molar-refractivity contribution is -0.122. The molecular weight excluding hydrogens is 278 g/mol. The maximum atomic E-state index is 11.5. The standard InChI is InChI=1S/C14H16ClN3O2/c1-9(2)7-12(19)16-8-13-17-14(18-20-13)10-5-3-4-6-11(10)15/h3-6,9H,7-8H2,1-2H3,(H,16,19). The molecule has 0 aliphatic heterocycles. The molecule has 5 nitrogen and oxygen atoms in total. The number of hydrogen-bond donors (Lipinski definition) is 1. The summed E-state index contributed by atoms with van der Waals surface area (Å²) in [6.07, 6.45) is 0.478. The Morgan fingerprint density at radius 2 is 2.15 bits per heavy atom. The van der Waals surface area contributed by atoms with Gasteiger partial charge in [0.2, 0.25) is 17.6 Å². The van der Waals surface area contributed by atoms with Gasteiger partial charge in [-0.1, -0.05) is 42.7 Å². The van der Waals surface area contributed by atoms with Crippen molar-refractivity contribution < 1.29 is 9.32 Å². The number of benzene rings is 1. The molecule has 0 fully saturated rings. The van der Waals surface area contributed by atoms with Gasteiger partial charge in [0.1, 0.15) is 0 Å². The molecule has 1 heterocycles. The second-order valence-corrected chi connectivity index (χ2v) is 5.27. The summed E-state index contributed by atoms with van der Waals surface area (Å²) in [6.45, 7) is 4.20. The second-order valence-electron chi connectivity index (χ2n) is 4.87. The molecule has 0 unspecified atom stereocenters. The SMILES string of the molecule is CC(C)CC(=O)NCc1nc(-c2ccccc2Cl)no1. The predicted molar refractivity (Wildman–Crippen MR) is 76.0 cm³/mol. The van der Waals surface area contributed by atoms with Gasteiger partial charge in [0, 0.05) is 12.0 Å². The maximum absolute atomic E-state index is 11.5. The van der Waals surface area contributed by atoms with E-state index in [1.54, 1.807) is 6.07 Å². The van der Waals surface area contributed by atoms with Crippen molar-refractivity contribution in [2.75, 3.05) is 0 Å². The van der Waals surface area contributed by atoms with Gasteiger partial charge in [0.25, 0.3) is 0 Å². The number of rotatable bonds is 5. The third-order valence-corrected chi connectivity index (χ3v) is 2.94. The number of halogens is 1. The Labute approximate surface area is 122 Å². The van der Waals surface area contributed by atoms with Crippen LogP contribution in [-0.4, -0.2) is 16.0 Å². The van der Waals surface area contributed by atoms with E-state index in [4.69, 9.17) is 16.1 Å². The van der Waals surface area contributed by atoms with E-state index in [2.05, 4.69) is 15.5 Å². The Bertz CT molecular complexity index is 596. The monoisotopic (exact) mass is 293 g/mol. The van der Waals surface area contributed by atoms with Crippen LogP contribution in [0.2, 0.25) is 5.02 Å². The average Bonchev–Trinajstić information content (AvgIpc) is 2.85. The largest absolute Gasteiger partial charge is 0.347 e. The van der Waals surface area contributed by atoms with Crippen molar-refractivity contribution in [2.45, 2.75) is 26.8 Å². The molecule has 2 rings (SSSR count). The molecule has 0 aliphatic carbocycles. The lowest BCUT2D eigenvalue weighted by atomic mass is 10.1. The molecule has 1 aromatic carbocycles. The molecule has 6 heteroatoms. The van der Waals surface area contributed by atoms with Gasteiger partial charge >= 0.3 is 0 Å². The van der Waals surface area contributed by atoms with E-state index >= 15 is 0 Å². The molecule has 1 aromatic heterocycles. The third-order valence-electron chi connectivity index (χ3n) is 2.61. The normalized spacial score (nSPS) is 10.8. The van der Waals surface area contributed by atoms with E-state index in [1.807, 2.05) is 32.0 Å². The summed E-state index contributed by atoms with van der Waals surface area (Å²) in [5, 5.41) is 7.16. The van der Waals surface area contributed by atoms with E-state index in [9.17, 15) is 4.79 Å². The van der Waals surface area contributed by atoms with Crippen molar-refractivity contribution in [3.8, 4) is 11.4 Å². The first-order valence-corrected chi connectivity index (χ1v) is 6.78. The van der Waals surface area contributed by atoms with E-state index in [1.165, 1.54) is 0 Å². The van der Waals surface area contributed by atoms with Crippen LogP contribution < -0.4 is 5.32 Å². The highest BCUT2D eigenvalue weighted by Gasteiger charge is 2.12. The minimum Gasteiger partial charge on any atom is -0.347 e. The molecule has 0 saturated carbocycles. The predicted octanol–water partition coefficient (Wildman–Crippen LogP) is 3.05. The Kier molecular flexibility index (Phi) is 4.74. The molecule has 2 aromatic rings. The minimum atomic E-state index is -0.0301. The van der Waals surface area contributed by atoms with Gasteiger partial charge in [-0.05, 0) is 18.1 Å². The number of carbonyl (C=O) groups excluding carboxylic acids is 1. The van der Waals surface area contributed by atoms with Crippen molar-refractivity contribution in [1.82, 2.24) is 15.5 Å². The molecule has 0 spiro atoms. The maximum Gasteiger partial charge on any atom is 0.246 e. The van der Waals surface area contributed by atoms with Crippen LogP contribution in [0, 0.1) is 5.92 Å². The highest BCUT2D eigenvalue weighted by atomic mass is 35.5. The van der Waals surface area contributed by atoms with Crippen LogP contribution in [0.5, 0.6) is 0 Å². The quantitative estimate of drug-likeness (QED) is 0.920. The number of carbonyl (C=O) groups is 1. The molecule has 0 radical (unpaired) electrons. The van der Waals surface area contributed by atoms with Crippen LogP contribution in [0.25, 0.3) is 11.4 Å². The molecule has 0 saturated heterocycles. The number of aromatic nitrogens is 2. The van der Waals surface area contributed by atoms with Crippen LogP contribution in [0.3, 0.4) is 0 Å². The van der Waals surface area contributed by atoms with Crippen LogP contribution in [0.4, 0.5) is 0 Å². The molecule has 0 bridgehead atoms. The van der Waals surface area contributed by atoms with Crippen molar-refractivity contribution in [1.29, 1.82) is 0 Å². The van der Waals surface area contributed by atoms with Crippen molar-refractivity contribution in [3.63, 3.8) is 0 Å². The summed E-state index contributed by atoms with van der Waals surface area (Å²) in [5.41, 5.74) is 0.706. The summed E-state index contributed by atoms with van der Waals surface area (Å²) >= 11 is 6.06. The van der Waals surface area contributed by atoms with Crippen LogP contribution in [0.1, 0.15) is 26.2 Å². The topological polar surface area (TPSA) is 68.0 Å². The molecule has 1 N–H and O–H groups in total. The molecule has 0 atom stereocenters. The second kappa shape index (κ2) is 6.52. The van der Waals surface area contributed by atoms with Gasteiger partial charge < -0.3 is 9.84 Å². The number of hydrogen-bond acceptors (Lipinski definition) is 4. The molecule has 20 heavy (non-hydrogen) atoms. The number of amides is 1. The summed E-state index contributed by atoms with van der Waals surface area (Å²) in [4.78, 5) is 15.8. The highest BCUT2D eigenvalue weighted by molar-refractivity contribution is 6.33. The van der Waals surface area contributed by atoms with Gasteiger partial charge in [0.15, 0.2) is 0 Å². The number of nitrogens with zero attached hydrogens (tertiary/aromatic N) is 2. The van der Waals surface area contributed by atoms with Crippen LogP contribution in [-0.2, 0) is 11.3 Å². The van der Waals surface area contributed by atoms with Gasteiger partial charge in [-0.25, -0.2) is 0 Å². The molecule has 0 aliphatic rings. The summed E-state index contributed by atoms with van der Waals surface area (Å²) in [6, 6.07) is 7.26. The van der Waals surface area contributed by atoms with Crippen LogP contribution >= 0.6 is 11.6 Å². The lowest BCUT2D eigenvalue weighted by Crippen LogP contribution is -2.24. The highest BCUT2D eigenvalue weighted by Crippen LogP contribution is 2.24. The molecule has 1 amide bonds. The lowest BCUT2D eigenvalue weighted by Gasteiger charge is -2.04. The van der Waals surface area contributed by atoms with Gasteiger partial charge in [-0.15, -0.1) is 0 Å².